The zero-order valence-corrected chi connectivity index (χ0v) is 13.2. The Labute approximate surface area is 117 Å². The fourth-order valence-electron chi connectivity index (χ4n) is 1.89. The van der Waals surface area contributed by atoms with Crippen molar-refractivity contribution in [3.8, 4) is 23.0 Å². The topological polar surface area (TPSA) is 18.5 Å². The first-order valence-electron chi connectivity index (χ1n) is 6.85. The number of ether oxygens (including phenoxy) is 2. The van der Waals surface area contributed by atoms with Gasteiger partial charge >= 0.3 is 0 Å². The van der Waals surface area contributed by atoms with Gasteiger partial charge in [0.2, 0.25) is 6.79 Å². The van der Waals surface area contributed by atoms with Gasteiger partial charge in [0.15, 0.2) is 11.5 Å². The van der Waals surface area contributed by atoms with Crippen LogP contribution in [0.3, 0.4) is 0 Å². The Balaban J connectivity index is 1.90. The van der Waals surface area contributed by atoms with Gasteiger partial charge < -0.3 is 9.47 Å². The van der Waals surface area contributed by atoms with E-state index in [4.69, 9.17) is 9.47 Å². The van der Waals surface area contributed by atoms with Gasteiger partial charge in [-0.3, -0.25) is 0 Å². The van der Waals surface area contributed by atoms with Crippen LogP contribution in [0.2, 0.25) is 19.6 Å². The average Bonchev–Trinajstić information content (AvgIpc) is 2.80. The summed E-state index contributed by atoms with van der Waals surface area (Å²) in [5.74, 6) is 5.59. The predicted octanol–water partition coefficient (Wildman–Crippen LogP) is 3.86. The molecular weight excluding hydrogens is 252 g/mol. The molecule has 2 nitrogen and oxygen atoms in total. The number of hydrogen-bond donors (Lipinski definition) is 0. The van der Waals surface area contributed by atoms with Crippen molar-refractivity contribution in [3.05, 3.63) is 23.8 Å². The first-order chi connectivity index (χ1) is 8.94. The summed E-state index contributed by atoms with van der Waals surface area (Å²) in [4.78, 5) is 0. The van der Waals surface area contributed by atoms with E-state index in [1.807, 2.05) is 6.07 Å². The standard InChI is InChI=1S/C16H22O2Si/c1-13(9-10-19(2,3)4)5-6-14-7-8-15-16(11-14)18-12-17-15/h7-8,11,13H,5-6,12H2,1-4H3. The van der Waals surface area contributed by atoms with E-state index >= 15 is 0 Å². The molecule has 0 radical (unpaired) electrons. The monoisotopic (exact) mass is 274 g/mol. The smallest absolute Gasteiger partial charge is 0.231 e. The maximum Gasteiger partial charge on any atom is 0.231 e. The van der Waals surface area contributed by atoms with Gasteiger partial charge in [0, 0.05) is 5.92 Å². The molecule has 1 aliphatic rings. The molecule has 102 valence electrons. The average molecular weight is 274 g/mol. The highest BCUT2D eigenvalue weighted by atomic mass is 28.3. The summed E-state index contributed by atoms with van der Waals surface area (Å²) < 4.78 is 10.7. The van der Waals surface area contributed by atoms with Gasteiger partial charge in [-0.15, -0.1) is 11.5 Å². The number of hydrogen-bond acceptors (Lipinski definition) is 2. The Bertz CT molecular complexity index is 506. The van der Waals surface area contributed by atoms with Crippen molar-refractivity contribution >= 4 is 8.07 Å². The molecule has 0 amide bonds. The quantitative estimate of drug-likeness (QED) is 0.615. The maximum atomic E-state index is 5.39. The van der Waals surface area contributed by atoms with Crippen molar-refractivity contribution in [2.24, 2.45) is 5.92 Å². The number of aryl methyl sites for hydroxylation is 1. The van der Waals surface area contributed by atoms with Gasteiger partial charge in [-0.25, -0.2) is 0 Å². The van der Waals surface area contributed by atoms with Gasteiger partial charge in [0.1, 0.15) is 8.07 Å². The summed E-state index contributed by atoms with van der Waals surface area (Å²) in [7, 11) is -1.24. The molecule has 1 aromatic carbocycles. The van der Waals surface area contributed by atoms with Crippen LogP contribution in [-0.4, -0.2) is 14.9 Å². The van der Waals surface area contributed by atoms with Crippen LogP contribution in [-0.2, 0) is 6.42 Å². The predicted molar refractivity (Wildman–Crippen MR) is 81.2 cm³/mol. The van der Waals surface area contributed by atoms with E-state index in [0.29, 0.717) is 12.7 Å². The van der Waals surface area contributed by atoms with Crippen molar-refractivity contribution in [3.63, 3.8) is 0 Å². The van der Waals surface area contributed by atoms with Crippen LogP contribution in [0.25, 0.3) is 0 Å². The van der Waals surface area contributed by atoms with Gasteiger partial charge in [-0.05, 0) is 30.5 Å². The molecule has 0 spiro atoms. The Morgan fingerprint density at radius 2 is 1.95 bits per heavy atom. The van der Waals surface area contributed by atoms with Crippen LogP contribution in [0, 0.1) is 17.4 Å². The second kappa shape index (κ2) is 5.71. The van der Waals surface area contributed by atoms with Crippen molar-refractivity contribution in [2.45, 2.75) is 39.4 Å². The lowest BCUT2D eigenvalue weighted by Crippen LogP contribution is -2.16. The molecular formula is C16H22O2Si. The molecule has 3 heteroatoms. The lowest BCUT2D eigenvalue weighted by Gasteiger charge is -2.08. The minimum atomic E-state index is -1.24. The molecule has 0 aromatic heterocycles. The SMILES string of the molecule is CC(C#C[Si](C)(C)C)CCc1ccc2c(c1)OCO2. The summed E-state index contributed by atoms with van der Waals surface area (Å²) in [6.07, 6.45) is 2.13. The van der Waals surface area contributed by atoms with E-state index in [-0.39, 0.29) is 0 Å². The highest BCUT2D eigenvalue weighted by molar-refractivity contribution is 6.83. The van der Waals surface area contributed by atoms with Crippen molar-refractivity contribution in [1.29, 1.82) is 0 Å². The summed E-state index contributed by atoms with van der Waals surface area (Å²) in [6.45, 7) is 9.40. The molecule has 19 heavy (non-hydrogen) atoms. The van der Waals surface area contributed by atoms with Crippen LogP contribution in [0.4, 0.5) is 0 Å². The van der Waals surface area contributed by atoms with Gasteiger partial charge in [0.25, 0.3) is 0 Å². The lowest BCUT2D eigenvalue weighted by molar-refractivity contribution is 0.174. The number of rotatable bonds is 3. The molecule has 0 N–H and O–H groups in total. The molecule has 1 heterocycles. The first-order valence-corrected chi connectivity index (χ1v) is 10.4. The van der Waals surface area contributed by atoms with E-state index in [0.717, 1.165) is 24.3 Å². The van der Waals surface area contributed by atoms with E-state index in [1.54, 1.807) is 0 Å². The molecule has 1 unspecified atom stereocenters. The fourth-order valence-corrected chi connectivity index (χ4v) is 2.57. The molecule has 1 aromatic rings. The van der Waals surface area contributed by atoms with Crippen LogP contribution >= 0.6 is 0 Å². The second-order valence-corrected chi connectivity index (χ2v) is 10.9. The summed E-state index contributed by atoms with van der Waals surface area (Å²) in [5, 5.41) is 0. The van der Waals surface area contributed by atoms with Crippen LogP contribution in [0.5, 0.6) is 11.5 Å². The Morgan fingerprint density at radius 1 is 1.21 bits per heavy atom. The van der Waals surface area contributed by atoms with Crippen molar-refractivity contribution < 1.29 is 9.47 Å². The zero-order chi connectivity index (χ0) is 13.9. The summed E-state index contributed by atoms with van der Waals surface area (Å²) >= 11 is 0. The molecule has 0 aliphatic carbocycles. The third-order valence-electron chi connectivity index (χ3n) is 3.00. The van der Waals surface area contributed by atoms with Gasteiger partial charge in [-0.1, -0.05) is 32.6 Å². The summed E-state index contributed by atoms with van der Waals surface area (Å²) in [5.41, 5.74) is 4.74. The molecule has 0 bridgehead atoms. The number of benzene rings is 1. The first kappa shape index (κ1) is 14.0. The third-order valence-corrected chi connectivity index (χ3v) is 3.89. The molecule has 0 saturated carbocycles. The number of fused-ring (bicyclic) bond motifs is 1. The lowest BCUT2D eigenvalue weighted by atomic mass is 10.0. The highest BCUT2D eigenvalue weighted by Crippen LogP contribution is 2.32. The van der Waals surface area contributed by atoms with Gasteiger partial charge in [0.05, 0.1) is 0 Å². The minimum Gasteiger partial charge on any atom is -0.454 e. The van der Waals surface area contributed by atoms with E-state index in [2.05, 4.69) is 50.2 Å². The molecule has 1 atom stereocenters. The van der Waals surface area contributed by atoms with Crippen LogP contribution in [0.15, 0.2) is 18.2 Å². The highest BCUT2D eigenvalue weighted by Gasteiger charge is 2.13. The molecule has 1 aliphatic heterocycles. The van der Waals surface area contributed by atoms with Crippen LogP contribution < -0.4 is 9.47 Å². The van der Waals surface area contributed by atoms with Crippen molar-refractivity contribution in [2.75, 3.05) is 6.79 Å². The van der Waals surface area contributed by atoms with Gasteiger partial charge in [-0.2, -0.15) is 0 Å². The van der Waals surface area contributed by atoms with Crippen molar-refractivity contribution in [1.82, 2.24) is 0 Å². The van der Waals surface area contributed by atoms with E-state index in [1.165, 1.54) is 5.56 Å². The zero-order valence-electron chi connectivity index (χ0n) is 12.2. The molecule has 0 saturated heterocycles. The Morgan fingerprint density at radius 3 is 2.68 bits per heavy atom. The maximum absolute atomic E-state index is 5.39. The van der Waals surface area contributed by atoms with Crippen LogP contribution in [0.1, 0.15) is 18.9 Å². The Kier molecular flexibility index (Phi) is 4.21. The molecule has 0 fully saturated rings. The van der Waals surface area contributed by atoms with E-state index in [9.17, 15) is 0 Å². The third kappa shape index (κ3) is 4.32. The normalized spacial score (nSPS) is 14.7. The Hall–Kier alpha value is -1.40. The fraction of sp³-hybridized carbons (Fsp3) is 0.500. The summed E-state index contributed by atoms with van der Waals surface area (Å²) in [6, 6.07) is 6.20. The largest absolute Gasteiger partial charge is 0.454 e. The molecule has 2 rings (SSSR count). The van der Waals surface area contributed by atoms with E-state index < -0.39 is 8.07 Å². The minimum absolute atomic E-state index is 0.344. The second-order valence-electron chi connectivity index (χ2n) is 6.15.